The molecule has 1 rings (SSSR count). The molecule has 1 N–H and O–H groups in total. The van der Waals surface area contributed by atoms with E-state index in [4.69, 9.17) is 9.84 Å². The number of nitrogens with zero attached hydrogens (tertiary/aromatic N) is 1. The predicted octanol–water partition coefficient (Wildman–Crippen LogP) is 5.97. The molecule has 4 heteroatoms. The number of carbonyl (C=O) groups is 1. The van der Waals surface area contributed by atoms with Crippen LogP contribution in [0.25, 0.3) is 0 Å². The molecule has 0 aliphatic carbocycles. The lowest BCUT2D eigenvalue weighted by Gasteiger charge is -2.17. The number of unbranched alkanes of at least 4 members (excludes halogenated alkanes) is 8. The van der Waals surface area contributed by atoms with Crippen LogP contribution in [-0.2, 0) is 11.3 Å². The third-order valence-corrected chi connectivity index (χ3v) is 5.26. The summed E-state index contributed by atoms with van der Waals surface area (Å²) in [5, 5.41) is 9.10. The zero-order valence-corrected chi connectivity index (χ0v) is 17.6. The second-order valence-electron chi connectivity index (χ2n) is 7.68. The van der Waals surface area contributed by atoms with Gasteiger partial charge in [0.1, 0.15) is 5.69 Å². The first-order chi connectivity index (χ1) is 13.2. The van der Waals surface area contributed by atoms with Crippen LogP contribution in [-0.4, -0.2) is 28.9 Å². The van der Waals surface area contributed by atoms with Gasteiger partial charge in [0, 0.05) is 12.7 Å². The molecule has 0 aromatic carbocycles. The predicted molar refractivity (Wildman–Crippen MR) is 112 cm³/mol. The molecular weight excluding hydrogens is 338 g/mol. The Balaban J connectivity index is 2.41. The highest BCUT2D eigenvalue weighted by Crippen LogP contribution is 2.20. The van der Waals surface area contributed by atoms with E-state index in [2.05, 4.69) is 13.8 Å². The highest BCUT2D eigenvalue weighted by atomic mass is 16.5. The molecule has 0 aliphatic heterocycles. The zero-order chi connectivity index (χ0) is 19.7. The standard InChI is InChI=1S/C23H41NO3/c1-3-5-7-9-10-12-15-21(14-11-8-6-4-2)20-27-23(26)22-16-13-17-24(22)18-19-25/h13,16-17,21,25H,3-12,14-15,18-20H2,1-2H3. The number of carbonyl (C=O) groups excluding carboxylic acids is 1. The normalized spacial score (nSPS) is 12.3. The molecule has 0 bridgehead atoms. The summed E-state index contributed by atoms with van der Waals surface area (Å²) in [5.41, 5.74) is 0.536. The van der Waals surface area contributed by atoms with Gasteiger partial charge >= 0.3 is 5.97 Å². The number of aliphatic hydroxyl groups excluding tert-OH is 1. The number of rotatable bonds is 17. The number of esters is 1. The minimum atomic E-state index is -0.269. The lowest BCUT2D eigenvalue weighted by molar-refractivity contribution is 0.0408. The topological polar surface area (TPSA) is 51.5 Å². The fourth-order valence-corrected chi connectivity index (χ4v) is 3.55. The second kappa shape index (κ2) is 15.7. The Morgan fingerprint density at radius 3 is 2.22 bits per heavy atom. The molecule has 1 atom stereocenters. The minimum absolute atomic E-state index is 0.0209. The van der Waals surface area contributed by atoms with Gasteiger partial charge in [0.2, 0.25) is 0 Å². The van der Waals surface area contributed by atoms with Gasteiger partial charge in [-0.15, -0.1) is 0 Å². The summed E-state index contributed by atoms with van der Waals surface area (Å²) >= 11 is 0. The second-order valence-corrected chi connectivity index (χ2v) is 7.68. The van der Waals surface area contributed by atoms with Crippen LogP contribution in [0, 0.1) is 5.92 Å². The van der Waals surface area contributed by atoms with Gasteiger partial charge in [-0.1, -0.05) is 78.1 Å². The molecule has 1 aromatic rings. The quantitative estimate of drug-likeness (QED) is 0.268. The number of hydrogen-bond acceptors (Lipinski definition) is 3. The number of aromatic nitrogens is 1. The molecule has 4 nitrogen and oxygen atoms in total. The Labute approximate surface area is 166 Å². The van der Waals surface area contributed by atoms with Crippen molar-refractivity contribution in [3.63, 3.8) is 0 Å². The summed E-state index contributed by atoms with van der Waals surface area (Å²) in [6.45, 7) is 5.45. The average Bonchev–Trinajstić information content (AvgIpc) is 3.13. The average molecular weight is 380 g/mol. The highest BCUT2D eigenvalue weighted by Gasteiger charge is 2.16. The molecule has 0 amide bonds. The Morgan fingerprint density at radius 1 is 1.00 bits per heavy atom. The van der Waals surface area contributed by atoms with Crippen LogP contribution < -0.4 is 0 Å². The Hall–Kier alpha value is -1.29. The van der Waals surface area contributed by atoms with Gasteiger partial charge < -0.3 is 14.4 Å². The van der Waals surface area contributed by atoms with Crippen molar-refractivity contribution in [2.75, 3.05) is 13.2 Å². The van der Waals surface area contributed by atoms with E-state index >= 15 is 0 Å². The first-order valence-electron chi connectivity index (χ1n) is 11.2. The number of hydrogen-bond donors (Lipinski definition) is 1. The fourth-order valence-electron chi connectivity index (χ4n) is 3.55. The molecule has 0 fully saturated rings. The molecule has 0 radical (unpaired) electrons. The Bertz CT molecular complexity index is 484. The van der Waals surface area contributed by atoms with Gasteiger partial charge in [0.25, 0.3) is 0 Å². The summed E-state index contributed by atoms with van der Waals surface area (Å²) in [4.78, 5) is 12.4. The van der Waals surface area contributed by atoms with Crippen molar-refractivity contribution in [3.05, 3.63) is 24.0 Å². The smallest absolute Gasteiger partial charge is 0.354 e. The van der Waals surface area contributed by atoms with Gasteiger partial charge in [-0.2, -0.15) is 0 Å². The van der Waals surface area contributed by atoms with Crippen LogP contribution in [0.2, 0.25) is 0 Å². The highest BCUT2D eigenvalue weighted by molar-refractivity contribution is 5.87. The van der Waals surface area contributed by atoms with Crippen molar-refractivity contribution in [3.8, 4) is 0 Å². The summed E-state index contributed by atoms with van der Waals surface area (Å²) in [6, 6.07) is 3.59. The zero-order valence-electron chi connectivity index (χ0n) is 17.6. The molecule has 0 spiro atoms. The van der Waals surface area contributed by atoms with E-state index in [-0.39, 0.29) is 12.6 Å². The molecule has 1 heterocycles. The lowest BCUT2D eigenvalue weighted by Crippen LogP contribution is -2.18. The van der Waals surface area contributed by atoms with E-state index in [1.165, 1.54) is 64.2 Å². The van der Waals surface area contributed by atoms with Gasteiger partial charge in [0.15, 0.2) is 0 Å². The van der Waals surface area contributed by atoms with E-state index in [0.29, 0.717) is 24.8 Å². The summed E-state index contributed by atoms with van der Waals surface area (Å²) in [6.07, 6.45) is 17.0. The van der Waals surface area contributed by atoms with Crippen LogP contribution in [0.1, 0.15) is 101 Å². The SMILES string of the molecule is CCCCCCCCC(CCCCCC)COC(=O)c1cccn1CCO. The third-order valence-electron chi connectivity index (χ3n) is 5.26. The van der Waals surface area contributed by atoms with Gasteiger partial charge in [-0.3, -0.25) is 0 Å². The molecule has 0 saturated heterocycles. The Kier molecular flexibility index (Phi) is 13.8. The monoisotopic (exact) mass is 379 g/mol. The molecule has 0 saturated carbocycles. The van der Waals surface area contributed by atoms with Crippen LogP contribution in [0.3, 0.4) is 0 Å². The van der Waals surface area contributed by atoms with Gasteiger partial charge in [0.05, 0.1) is 13.2 Å². The van der Waals surface area contributed by atoms with Crippen molar-refractivity contribution in [1.82, 2.24) is 4.57 Å². The maximum atomic E-state index is 12.4. The largest absolute Gasteiger partial charge is 0.461 e. The van der Waals surface area contributed by atoms with Crippen molar-refractivity contribution < 1.29 is 14.6 Å². The van der Waals surface area contributed by atoms with Crippen LogP contribution in [0.15, 0.2) is 18.3 Å². The van der Waals surface area contributed by atoms with Crippen molar-refractivity contribution in [1.29, 1.82) is 0 Å². The Morgan fingerprint density at radius 2 is 1.59 bits per heavy atom. The van der Waals surface area contributed by atoms with E-state index in [1.54, 1.807) is 10.6 Å². The summed E-state index contributed by atoms with van der Waals surface area (Å²) < 4.78 is 7.40. The fraction of sp³-hybridized carbons (Fsp3) is 0.783. The third kappa shape index (κ3) is 10.6. The number of ether oxygens (including phenoxy) is 1. The van der Waals surface area contributed by atoms with Crippen LogP contribution >= 0.6 is 0 Å². The van der Waals surface area contributed by atoms with E-state index in [9.17, 15) is 4.79 Å². The van der Waals surface area contributed by atoms with E-state index in [1.807, 2.05) is 12.3 Å². The first-order valence-corrected chi connectivity index (χ1v) is 11.2. The lowest BCUT2D eigenvalue weighted by atomic mass is 9.95. The number of aliphatic hydroxyl groups is 1. The van der Waals surface area contributed by atoms with Crippen LogP contribution in [0.5, 0.6) is 0 Å². The van der Waals surface area contributed by atoms with Crippen LogP contribution in [0.4, 0.5) is 0 Å². The first kappa shape index (κ1) is 23.7. The van der Waals surface area contributed by atoms with E-state index in [0.717, 1.165) is 12.8 Å². The molecule has 156 valence electrons. The van der Waals surface area contributed by atoms with Gasteiger partial charge in [-0.05, 0) is 30.9 Å². The summed E-state index contributed by atoms with van der Waals surface area (Å²) in [7, 11) is 0. The molecule has 27 heavy (non-hydrogen) atoms. The molecule has 1 unspecified atom stereocenters. The molecular formula is C23H41NO3. The van der Waals surface area contributed by atoms with E-state index < -0.39 is 0 Å². The summed E-state index contributed by atoms with van der Waals surface area (Å²) in [5.74, 6) is 0.202. The minimum Gasteiger partial charge on any atom is -0.461 e. The van der Waals surface area contributed by atoms with Crippen molar-refractivity contribution >= 4 is 5.97 Å². The van der Waals surface area contributed by atoms with Gasteiger partial charge in [-0.25, -0.2) is 4.79 Å². The maximum Gasteiger partial charge on any atom is 0.354 e. The van der Waals surface area contributed by atoms with Crippen molar-refractivity contribution in [2.45, 2.75) is 97.4 Å². The maximum absolute atomic E-state index is 12.4. The molecule has 0 aliphatic rings. The molecule has 1 aromatic heterocycles. The van der Waals surface area contributed by atoms with Crippen molar-refractivity contribution in [2.24, 2.45) is 5.92 Å².